The van der Waals surface area contributed by atoms with Crippen molar-refractivity contribution in [2.75, 3.05) is 37.5 Å². The molecule has 0 radical (unpaired) electrons. The molecule has 2 aromatic carbocycles. The summed E-state index contributed by atoms with van der Waals surface area (Å²) < 4.78 is 0.906. The Labute approximate surface area is 179 Å². The van der Waals surface area contributed by atoms with Crippen molar-refractivity contribution in [1.82, 2.24) is 10.2 Å². The molecule has 5 nitrogen and oxygen atoms in total. The van der Waals surface area contributed by atoms with Gasteiger partial charge in [-0.05, 0) is 44.3 Å². The summed E-state index contributed by atoms with van der Waals surface area (Å²) in [6.45, 7) is 0.575. The fraction of sp³-hybridized carbons (Fsp3) is 0.333. The molecular weight excluding hydrogens is 438 g/mol. The van der Waals surface area contributed by atoms with Crippen LogP contribution in [0.4, 0.5) is 5.69 Å². The van der Waals surface area contributed by atoms with Crippen LogP contribution in [-0.4, -0.2) is 54.9 Å². The van der Waals surface area contributed by atoms with Crippen LogP contribution < -0.4 is 10.6 Å². The molecule has 2 amide bonds. The Kier molecular flexibility index (Phi) is 9.54. The van der Waals surface area contributed by atoms with Crippen molar-refractivity contribution >= 4 is 45.2 Å². The zero-order valence-corrected chi connectivity index (χ0v) is 18.6. The second-order valence-corrected chi connectivity index (χ2v) is 8.56. The van der Waals surface area contributed by atoms with Gasteiger partial charge in [0.1, 0.15) is 0 Å². The molecule has 0 aromatic heterocycles. The number of likely N-dealkylation sites (N-methyl/N-ethyl adjacent to an activating group) is 1. The largest absolute Gasteiger partial charge is 0.354 e. The van der Waals surface area contributed by atoms with Crippen molar-refractivity contribution in [1.29, 1.82) is 0 Å². The van der Waals surface area contributed by atoms with Crippen LogP contribution >= 0.6 is 27.7 Å². The molecule has 28 heavy (non-hydrogen) atoms. The molecule has 2 aromatic rings. The first kappa shape index (κ1) is 22.5. The molecule has 0 aliphatic rings. The van der Waals surface area contributed by atoms with Crippen LogP contribution in [-0.2, 0) is 16.0 Å². The number of hydrogen-bond acceptors (Lipinski definition) is 4. The SMILES string of the molecule is CN(C)C(CNC(=O)CSCC(=O)Nc1cccc(Br)c1)Cc1ccccc1. The van der Waals surface area contributed by atoms with E-state index < -0.39 is 0 Å². The Morgan fingerprint density at radius 2 is 1.75 bits per heavy atom. The molecular formula is C21H26BrN3O2S. The van der Waals surface area contributed by atoms with Crippen LogP contribution in [0.25, 0.3) is 0 Å². The number of carbonyl (C=O) groups is 2. The molecule has 1 atom stereocenters. The first-order chi connectivity index (χ1) is 13.4. The maximum atomic E-state index is 12.1. The Morgan fingerprint density at radius 3 is 2.43 bits per heavy atom. The maximum absolute atomic E-state index is 12.1. The first-order valence-corrected chi connectivity index (χ1v) is 11.0. The van der Waals surface area contributed by atoms with E-state index in [1.54, 1.807) is 0 Å². The highest BCUT2D eigenvalue weighted by molar-refractivity contribution is 9.10. The highest BCUT2D eigenvalue weighted by atomic mass is 79.9. The van der Waals surface area contributed by atoms with Crippen molar-refractivity contribution in [3.05, 3.63) is 64.6 Å². The zero-order valence-electron chi connectivity index (χ0n) is 16.2. The van der Waals surface area contributed by atoms with Crippen LogP contribution in [0.2, 0.25) is 0 Å². The second kappa shape index (κ2) is 11.9. The monoisotopic (exact) mass is 463 g/mol. The summed E-state index contributed by atoms with van der Waals surface area (Å²) in [5.41, 5.74) is 1.98. The van der Waals surface area contributed by atoms with E-state index in [2.05, 4.69) is 43.6 Å². The number of benzene rings is 2. The second-order valence-electron chi connectivity index (χ2n) is 6.66. The van der Waals surface area contributed by atoms with Gasteiger partial charge < -0.3 is 15.5 Å². The van der Waals surface area contributed by atoms with Crippen LogP contribution in [0.15, 0.2) is 59.1 Å². The third-order valence-electron chi connectivity index (χ3n) is 4.15. The molecule has 0 saturated carbocycles. The molecule has 0 bridgehead atoms. The third kappa shape index (κ3) is 8.46. The number of carbonyl (C=O) groups excluding carboxylic acids is 2. The predicted molar refractivity (Wildman–Crippen MR) is 121 cm³/mol. The molecule has 0 aliphatic carbocycles. The van der Waals surface area contributed by atoms with E-state index in [0.29, 0.717) is 6.54 Å². The van der Waals surface area contributed by atoms with Crippen molar-refractivity contribution in [3.8, 4) is 0 Å². The third-order valence-corrected chi connectivity index (χ3v) is 5.58. The lowest BCUT2D eigenvalue weighted by Crippen LogP contribution is -2.42. The van der Waals surface area contributed by atoms with Gasteiger partial charge in [-0.1, -0.05) is 52.3 Å². The van der Waals surface area contributed by atoms with Crippen LogP contribution in [0.1, 0.15) is 5.56 Å². The van der Waals surface area contributed by atoms with Crippen molar-refractivity contribution < 1.29 is 9.59 Å². The van der Waals surface area contributed by atoms with Gasteiger partial charge in [0, 0.05) is 22.7 Å². The lowest BCUT2D eigenvalue weighted by Gasteiger charge is -2.24. The molecule has 0 fully saturated rings. The van der Waals surface area contributed by atoms with E-state index in [1.165, 1.54) is 17.3 Å². The van der Waals surface area contributed by atoms with Gasteiger partial charge in [0.15, 0.2) is 0 Å². The van der Waals surface area contributed by atoms with Crippen LogP contribution in [0.5, 0.6) is 0 Å². The van der Waals surface area contributed by atoms with Crippen molar-refractivity contribution in [2.45, 2.75) is 12.5 Å². The van der Waals surface area contributed by atoms with E-state index in [9.17, 15) is 9.59 Å². The zero-order chi connectivity index (χ0) is 20.4. The summed E-state index contributed by atoms with van der Waals surface area (Å²) in [6.07, 6.45) is 0.871. The molecule has 0 heterocycles. The summed E-state index contributed by atoms with van der Waals surface area (Å²) in [6, 6.07) is 17.9. The average molecular weight is 464 g/mol. The van der Waals surface area contributed by atoms with Gasteiger partial charge >= 0.3 is 0 Å². The Hall–Kier alpha value is -1.83. The highest BCUT2D eigenvalue weighted by Crippen LogP contribution is 2.16. The Balaban J connectivity index is 1.68. The summed E-state index contributed by atoms with van der Waals surface area (Å²) >= 11 is 4.68. The number of nitrogens with zero attached hydrogens (tertiary/aromatic N) is 1. The number of hydrogen-bond donors (Lipinski definition) is 2. The fourth-order valence-electron chi connectivity index (χ4n) is 2.61. The number of nitrogens with one attached hydrogen (secondary N) is 2. The quantitative estimate of drug-likeness (QED) is 0.566. The van der Waals surface area contributed by atoms with E-state index in [1.807, 2.05) is 56.6 Å². The van der Waals surface area contributed by atoms with Gasteiger partial charge in [0.2, 0.25) is 11.8 Å². The van der Waals surface area contributed by atoms with Gasteiger partial charge in [0.05, 0.1) is 11.5 Å². The highest BCUT2D eigenvalue weighted by Gasteiger charge is 2.14. The number of rotatable bonds is 10. The first-order valence-electron chi connectivity index (χ1n) is 9.04. The molecule has 1 unspecified atom stereocenters. The topological polar surface area (TPSA) is 61.4 Å². The van der Waals surface area contributed by atoms with E-state index >= 15 is 0 Å². The average Bonchev–Trinajstić information content (AvgIpc) is 2.65. The minimum atomic E-state index is -0.119. The summed E-state index contributed by atoms with van der Waals surface area (Å²) in [5.74, 6) is 0.324. The van der Waals surface area contributed by atoms with Crippen LogP contribution in [0, 0.1) is 0 Å². The molecule has 0 saturated heterocycles. The number of anilines is 1. The normalized spacial score (nSPS) is 11.9. The van der Waals surface area contributed by atoms with Gasteiger partial charge in [-0.15, -0.1) is 11.8 Å². The molecule has 2 N–H and O–H groups in total. The summed E-state index contributed by atoms with van der Waals surface area (Å²) in [7, 11) is 4.03. The Morgan fingerprint density at radius 1 is 1.04 bits per heavy atom. The standard InChI is InChI=1S/C21H26BrN3O2S/c1-25(2)19(11-16-7-4-3-5-8-16)13-23-20(26)14-28-15-21(27)24-18-10-6-9-17(22)12-18/h3-10,12,19H,11,13-15H2,1-2H3,(H,23,26)(H,24,27). The molecule has 2 rings (SSSR count). The minimum absolute atomic E-state index is 0.0554. The maximum Gasteiger partial charge on any atom is 0.234 e. The lowest BCUT2D eigenvalue weighted by atomic mass is 10.1. The van der Waals surface area contributed by atoms with E-state index in [-0.39, 0.29) is 29.4 Å². The predicted octanol–water partition coefficient (Wildman–Crippen LogP) is 3.41. The number of halogens is 1. The molecule has 7 heteroatoms. The lowest BCUT2D eigenvalue weighted by molar-refractivity contribution is -0.118. The van der Waals surface area contributed by atoms with E-state index in [4.69, 9.17) is 0 Å². The van der Waals surface area contributed by atoms with Gasteiger partial charge in [-0.3, -0.25) is 9.59 Å². The molecule has 0 spiro atoms. The fourth-order valence-corrected chi connectivity index (χ4v) is 3.65. The summed E-state index contributed by atoms with van der Waals surface area (Å²) in [4.78, 5) is 26.2. The van der Waals surface area contributed by atoms with Gasteiger partial charge in [-0.2, -0.15) is 0 Å². The van der Waals surface area contributed by atoms with Crippen molar-refractivity contribution in [2.24, 2.45) is 0 Å². The smallest absolute Gasteiger partial charge is 0.234 e. The number of amides is 2. The summed E-state index contributed by atoms with van der Waals surface area (Å²) in [5, 5.41) is 5.80. The van der Waals surface area contributed by atoms with Crippen LogP contribution in [0.3, 0.4) is 0 Å². The van der Waals surface area contributed by atoms with E-state index in [0.717, 1.165) is 16.6 Å². The molecule has 0 aliphatic heterocycles. The Bertz CT molecular complexity index is 771. The molecule has 150 valence electrons. The van der Waals surface area contributed by atoms with Gasteiger partial charge in [-0.25, -0.2) is 0 Å². The minimum Gasteiger partial charge on any atom is -0.354 e. The number of thioether (sulfide) groups is 1. The van der Waals surface area contributed by atoms with Gasteiger partial charge in [0.25, 0.3) is 0 Å². The van der Waals surface area contributed by atoms with Crippen molar-refractivity contribution in [3.63, 3.8) is 0 Å².